The minimum atomic E-state index is -0.0227. The number of nitriles is 1. The topological polar surface area (TPSA) is 52.9 Å². The molecule has 18 heavy (non-hydrogen) atoms. The number of hydrogen-bond donors (Lipinski definition) is 1. The molecule has 0 unspecified atom stereocenters. The van der Waals surface area contributed by atoms with Crippen molar-refractivity contribution in [2.75, 3.05) is 5.32 Å². The van der Waals surface area contributed by atoms with Crippen LogP contribution in [-0.2, 0) is 11.2 Å². The van der Waals surface area contributed by atoms with Gasteiger partial charge in [0, 0.05) is 11.3 Å². The largest absolute Gasteiger partial charge is 0.317 e. The van der Waals surface area contributed by atoms with Crippen LogP contribution in [0.1, 0.15) is 23.3 Å². The summed E-state index contributed by atoms with van der Waals surface area (Å²) in [5.74, 6) is -0.0227. The molecular formula is C13H12N2OS2. The van der Waals surface area contributed by atoms with E-state index in [-0.39, 0.29) is 5.91 Å². The second kappa shape index (κ2) is 6.34. The van der Waals surface area contributed by atoms with Gasteiger partial charge in [-0.3, -0.25) is 4.79 Å². The lowest BCUT2D eigenvalue weighted by Crippen LogP contribution is -2.11. The maximum Gasteiger partial charge on any atom is 0.225 e. The fourth-order valence-corrected chi connectivity index (χ4v) is 3.07. The molecule has 0 aliphatic carbocycles. The highest BCUT2D eigenvalue weighted by molar-refractivity contribution is 7.14. The van der Waals surface area contributed by atoms with Gasteiger partial charge in [0.2, 0.25) is 5.91 Å². The summed E-state index contributed by atoms with van der Waals surface area (Å²) in [6.45, 7) is 0. The molecule has 1 N–H and O–H groups in total. The van der Waals surface area contributed by atoms with E-state index in [4.69, 9.17) is 5.26 Å². The van der Waals surface area contributed by atoms with E-state index in [2.05, 4.69) is 17.5 Å². The number of carbonyl (C=O) groups excluding carboxylic acids is 1. The highest BCUT2D eigenvalue weighted by Crippen LogP contribution is 2.22. The lowest BCUT2D eigenvalue weighted by atomic mass is 10.2. The maximum atomic E-state index is 11.7. The number of amides is 1. The van der Waals surface area contributed by atoms with E-state index in [9.17, 15) is 4.79 Å². The summed E-state index contributed by atoms with van der Waals surface area (Å²) < 4.78 is 0. The van der Waals surface area contributed by atoms with Crippen molar-refractivity contribution in [3.63, 3.8) is 0 Å². The Morgan fingerprint density at radius 2 is 2.22 bits per heavy atom. The van der Waals surface area contributed by atoms with Crippen LogP contribution >= 0.6 is 22.7 Å². The molecule has 2 aromatic rings. The van der Waals surface area contributed by atoms with Crippen LogP contribution in [0, 0.1) is 11.3 Å². The summed E-state index contributed by atoms with van der Waals surface area (Å²) in [6, 6.07) is 7.87. The Bertz CT molecular complexity index is 552. The van der Waals surface area contributed by atoms with Gasteiger partial charge in [-0.05, 0) is 35.7 Å². The monoisotopic (exact) mass is 276 g/mol. The number of rotatable bonds is 5. The summed E-state index contributed by atoms with van der Waals surface area (Å²) in [5, 5.41) is 16.1. The van der Waals surface area contributed by atoms with E-state index >= 15 is 0 Å². The molecule has 2 heterocycles. The third kappa shape index (κ3) is 3.42. The van der Waals surface area contributed by atoms with Crippen molar-refractivity contribution in [2.45, 2.75) is 19.3 Å². The van der Waals surface area contributed by atoms with Crippen molar-refractivity contribution in [3.05, 3.63) is 39.4 Å². The fourth-order valence-electron chi connectivity index (χ4n) is 1.56. The van der Waals surface area contributed by atoms with Crippen LogP contribution in [0.15, 0.2) is 29.0 Å². The summed E-state index contributed by atoms with van der Waals surface area (Å²) in [4.78, 5) is 13.0. The molecule has 0 fully saturated rings. The van der Waals surface area contributed by atoms with Crippen molar-refractivity contribution in [2.24, 2.45) is 0 Å². The molecule has 2 aromatic heterocycles. The molecule has 0 radical (unpaired) electrons. The van der Waals surface area contributed by atoms with Gasteiger partial charge in [0.05, 0.1) is 5.56 Å². The molecule has 0 aromatic carbocycles. The smallest absolute Gasteiger partial charge is 0.225 e. The van der Waals surface area contributed by atoms with E-state index in [0.717, 1.165) is 12.8 Å². The number of carbonyl (C=O) groups is 1. The van der Waals surface area contributed by atoms with Gasteiger partial charge in [-0.2, -0.15) is 5.26 Å². The van der Waals surface area contributed by atoms with Gasteiger partial charge in [0.25, 0.3) is 0 Å². The van der Waals surface area contributed by atoms with Crippen molar-refractivity contribution < 1.29 is 4.79 Å². The van der Waals surface area contributed by atoms with E-state index < -0.39 is 0 Å². The maximum absolute atomic E-state index is 11.7. The Morgan fingerprint density at radius 1 is 1.33 bits per heavy atom. The van der Waals surface area contributed by atoms with E-state index in [1.807, 2.05) is 11.4 Å². The van der Waals surface area contributed by atoms with Gasteiger partial charge in [-0.15, -0.1) is 22.7 Å². The predicted octanol–water partition coefficient (Wildman–Crippen LogP) is 3.64. The van der Waals surface area contributed by atoms with Crippen LogP contribution in [0.25, 0.3) is 0 Å². The Hall–Kier alpha value is -1.64. The second-order valence-corrected chi connectivity index (χ2v) is 5.70. The minimum Gasteiger partial charge on any atom is -0.317 e. The molecule has 92 valence electrons. The zero-order valence-corrected chi connectivity index (χ0v) is 11.3. The highest BCUT2D eigenvalue weighted by atomic mass is 32.1. The summed E-state index contributed by atoms with van der Waals surface area (Å²) in [6.07, 6.45) is 2.25. The van der Waals surface area contributed by atoms with Crippen LogP contribution in [0.4, 0.5) is 5.00 Å². The van der Waals surface area contributed by atoms with E-state index in [1.165, 1.54) is 16.2 Å². The first-order valence-corrected chi connectivity index (χ1v) is 7.35. The number of thiophene rings is 2. The first kappa shape index (κ1) is 12.8. The molecule has 0 bridgehead atoms. The predicted molar refractivity (Wildman–Crippen MR) is 74.9 cm³/mol. The SMILES string of the molecule is N#Cc1ccsc1NC(=O)CCCc1cccs1. The van der Waals surface area contributed by atoms with Gasteiger partial charge in [-0.1, -0.05) is 6.07 Å². The molecule has 0 saturated heterocycles. The molecular weight excluding hydrogens is 264 g/mol. The molecule has 1 amide bonds. The van der Waals surface area contributed by atoms with Crippen LogP contribution in [0.2, 0.25) is 0 Å². The van der Waals surface area contributed by atoms with Gasteiger partial charge < -0.3 is 5.32 Å². The number of hydrogen-bond acceptors (Lipinski definition) is 4. The van der Waals surface area contributed by atoms with Gasteiger partial charge >= 0.3 is 0 Å². The molecule has 5 heteroatoms. The first-order valence-electron chi connectivity index (χ1n) is 5.59. The van der Waals surface area contributed by atoms with Gasteiger partial charge in [-0.25, -0.2) is 0 Å². The standard InChI is InChI=1S/C13H12N2OS2/c14-9-10-6-8-18-13(10)15-12(16)5-1-3-11-4-2-7-17-11/h2,4,6-8H,1,3,5H2,(H,15,16). The highest BCUT2D eigenvalue weighted by Gasteiger charge is 2.08. The summed E-state index contributed by atoms with van der Waals surface area (Å²) in [5.41, 5.74) is 0.534. The average molecular weight is 276 g/mol. The molecule has 0 atom stereocenters. The van der Waals surface area contributed by atoms with Crippen molar-refractivity contribution in [1.29, 1.82) is 5.26 Å². The quantitative estimate of drug-likeness (QED) is 0.906. The fraction of sp³-hybridized carbons (Fsp3) is 0.231. The molecule has 0 aliphatic heterocycles. The number of nitrogens with one attached hydrogen (secondary N) is 1. The number of anilines is 1. The van der Waals surface area contributed by atoms with E-state index in [1.54, 1.807) is 22.8 Å². The first-order chi connectivity index (χ1) is 8.79. The van der Waals surface area contributed by atoms with Crippen molar-refractivity contribution >= 4 is 33.6 Å². The number of nitrogens with zero attached hydrogens (tertiary/aromatic N) is 1. The van der Waals surface area contributed by atoms with Crippen LogP contribution in [0.5, 0.6) is 0 Å². The summed E-state index contributed by atoms with van der Waals surface area (Å²) in [7, 11) is 0. The Morgan fingerprint density at radius 3 is 2.94 bits per heavy atom. The van der Waals surface area contributed by atoms with Crippen LogP contribution in [0.3, 0.4) is 0 Å². The Kier molecular flexibility index (Phi) is 4.51. The normalized spacial score (nSPS) is 9.94. The second-order valence-electron chi connectivity index (χ2n) is 3.76. The molecule has 0 aliphatic rings. The lowest BCUT2D eigenvalue weighted by Gasteiger charge is -2.02. The van der Waals surface area contributed by atoms with Crippen molar-refractivity contribution in [1.82, 2.24) is 0 Å². The Labute approximate surface area is 114 Å². The van der Waals surface area contributed by atoms with Crippen molar-refractivity contribution in [3.8, 4) is 6.07 Å². The third-order valence-electron chi connectivity index (χ3n) is 2.45. The zero-order valence-electron chi connectivity index (χ0n) is 9.68. The van der Waals surface area contributed by atoms with Gasteiger partial charge in [0.1, 0.15) is 11.1 Å². The lowest BCUT2D eigenvalue weighted by molar-refractivity contribution is -0.116. The third-order valence-corrected chi connectivity index (χ3v) is 4.21. The zero-order chi connectivity index (χ0) is 12.8. The molecule has 3 nitrogen and oxygen atoms in total. The van der Waals surface area contributed by atoms with E-state index in [0.29, 0.717) is 17.0 Å². The Balaban J connectivity index is 1.77. The summed E-state index contributed by atoms with van der Waals surface area (Å²) >= 11 is 3.09. The average Bonchev–Trinajstić information content (AvgIpc) is 3.00. The number of aryl methyl sites for hydroxylation is 1. The van der Waals surface area contributed by atoms with Crippen LogP contribution in [-0.4, -0.2) is 5.91 Å². The molecule has 0 saturated carbocycles. The minimum absolute atomic E-state index is 0.0227. The van der Waals surface area contributed by atoms with Crippen LogP contribution < -0.4 is 5.32 Å². The molecule has 2 rings (SSSR count). The van der Waals surface area contributed by atoms with Gasteiger partial charge in [0.15, 0.2) is 0 Å². The molecule has 0 spiro atoms.